The number of amides is 1. The summed E-state index contributed by atoms with van der Waals surface area (Å²) in [5.41, 5.74) is -0.196. The summed E-state index contributed by atoms with van der Waals surface area (Å²) in [4.78, 5) is 25.2. The molecular weight excluding hydrogens is 278 g/mol. The monoisotopic (exact) mass is 293 g/mol. The van der Waals surface area contributed by atoms with E-state index in [0.717, 1.165) is 12.3 Å². The fourth-order valence-electron chi connectivity index (χ4n) is 1.46. The van der Waals surface area contributed by atoms with Crippen molar-refractivity contribution in [2.75, 3.05) is 32.1 Å². The Morgan fingerprint density at radius 2 is 2.33 bits per heavy atom. The molecule has 0 radical (unpaired) electrons. The Balaban J connectivity index is 2.50. The van der Waals surface area contributed by atoms with Crippen LogP contribution in [-0.4, -0.2) is 42.6 Å². The zero-order valence-electron chi connectivity index (χ0n) is 11.5. The molecule has 112 valence electrons. The first-order valence-corrected chi connectivity index (χ1v) is 6.12. The van der Waals surface area contributed by atoms with Crippen LogP contribution in [0.15, 0.2) is 12.3 Å². The standard InChI is InChI=1S/C12H15N5O4/c1-21-5-4-14-11(18)2-3-15-12-9(7-13)6-10(8-16-12)17(19)20/h6,8H,2-5H2,1H3,(H,14,18)(H,15,16). The summed E-state index contributed by atoms with van der Waals surface area (Å²) in [6.07, 6.45) is 1.25. The number of carbonyl (C=O) groups excluding carboxylic acids is 1. The van der Waals surface area contributed by atoms with Gasteiger partial charge in [-0.1, -0.05) is 0 Å². The number of nitrogens with zero attached hydrogens (tertiary/aromatic N) is 3. The highest BCUT2D eigenvalue weighted by Gasteiger charge is 2.12. The van der Waals surface area contributed by atoms with Crippen molar-refractivity contribution in [3.8, 4) is 6.07 Å². The van der Waals surface area contributed by atoms with E-state index >= 15 is 0 Å². The molecule has 0 aliphatic heterocycles. The van der Waals surface area contributed by atoms with E-state index in [9.17, 15) is 14.9 Å². The number of ether oxygens (including phenoxy) is 1. The third-order valence-corrected chi connectivity index (χ3v) is 2.48. The SMILES string of the molecule is COCCNC(=O)CCNc1ncc([N+](=O)[O-])cc1C#N. The Labute approximate surface area is 121 Å². The van der Waals surface area contributed by atoms with Crippen molar-refractivity contribution in [2.24, 2.45) is 0 Å². The number of rotatable bonds is 8. The number of nitro groups is 1. The Morgan fingerprint density at radius 3 is 2.95 bits per heavy atom. The van der Waals surface area contributed by atoms with Gasteiger partial charge in [0, 0.05) is 32.7 Å². The van der Waals surface area contributed by atoms with Gasteiger partial charge in [0.2, 0.25) is 5.91 Å². The van der Waals surface area contributed by atoms with Crippen molar-refractivity contribution in [3.05, 3.63) is 27.9 Å². The lowest BCUT2D eigenvalue weighted by Crippen LogP contribution is -2.28. The van der Waals surface area contributed by atoms with Gasteiger partial charge in [0.25, 0.3) is 5.69 Å². The third-order valence-electron chi connectivity index (χ3n) is 2.48. The van der Waals surface area contributed by atoms with Crippen LogP contribution in [-0.2, 0) is 9.53 Å². The van der Waals surface area contributed by atoms with Crippen LogP contribution in [0.4, 0.5) is 11.5 Å². The molecule has 21 heavy (non-hydrogen) atoms. The molecule has 0 saturated carbocycles. The van der Waals surface area contributed by atoms with Gasteiger partial charge in [-0.3, -0.25) is 14.9 Å². The van der Waals surface area contributed by atoms with Gasteiger partial charge < -0.3 is 15.4 Å². The van der Waals surface area contributed by atoms with Crippen LogP contribution in [0, 0.1) is 21.4 Å². The average Bonchev–Trinajstić information content (AvgIpc) is 2.47. The molecule has 0 saturated heterocycles. The van der Waals surface area contributed by atoms with Gasteiger partial charge in [-0.25, -0.2) is 4.98 Å². The molecule has 1 amide bonds. The van der Waals surface area contributed by atoms with Crippen LogP contribution in [0.25, 0.3) is 0 Å². The fourth-order valence-corrected chi connectivity index (χ4v) is 1.46. The Bertz CT molecular complexity index is 555. The summed E-state index contributed by atoms with van der Waals surface area (Å²) in [5.74, 6) is 0.0489. The molecule has 0 aliphatic carbocycles. The number of hydrogen-bond donors (Lipinski definition) is 2. The maximum atomic E-state index is 11.4. The summed E-state index contributed by atoms with van der Waals surface area (Å²) in [6.45, 7) is 1.12. The maximum Gasteiger partial charge on any atom is 0.289 e. The molecule has 1 aromatic heterocycles. The van der Waals surface area contributed by atoms with E-state index in [4.69, 9.17) is 10.00 Å². The van der Waals surface area contributed by atoms with Crippen LogP contribution in [0.2, 0.25) is 0 Å². The van der Waals surface area contributed by atoms with Gasteiger partial charge in [-0.15, -0.1) is 0 Å². The van der Waals surface area contributed by atoms with Gasteiger partial charge in [0.15, 0.2) is 0 Å². The van der Waals surface area contributed by atoms with Crippen molar-refractivity contribution in [3.63, 3.8) is 0 Å². The van der Waals surface area contributed by atoms with Gasteiger partial charge in [0.05, 0.1) is 11.5 Å². The molecule has 0 atom stereocenters. The zero-order valence-corrected chi connectivity index (χ0v) is 11.5. The molecule has 0 bridgehead atoms. The number of carbonyl (C=O) groups is 1. The van der Waals surface area contributed by atoms with Gasteiger partial charge in [0.1, 0.15) is 23.6 Å². The first-order chi connectivity index (χ1) is 10.1. The van der Waals surface area contributed by atoms with Crippen molar-refractivity contribution in [2.45, 2.75) is 6.42 Å². The number of methoxy groups -OCH3 is 1. The predicted molar refractivity (Wildman–Crippen MR) is 73.6 cm³/mol. The molecule has 0 unspecified atom stereocenters. The minimum Gasteiger partial charge on any atom is -0.383 e. The fraction of sp³-hybridized carbons (Fsp3) is 0.417. The van der Waals surface area contributed by atoms with E-state index in [2.05, 4.69) is 15.6 Å². The van der Waals surface area contributed by atoms with E-state index in [1.54, 1.807) is 0 Å². The summed E-state index contributed by atoms with van der Waals surface area (Å²) in [7, 11) is 1.54. The van der Waals surface area contributed by atoms with Gasteiger partial charge in [-0.2, -0.15) is 5.26 Å². The van der Waals surface area contributed by atoms with Crippen LogP contribution in [0.3, 0.4) is 0 Å². The van der Waals surface area contributed by atoms with E-state index in [0.29, 0.717) is 13.2 Å². The highest BCUT2D eigenvalue weighted by atomic mass is 16.6. The van der Waals surface area contributed by atoms with Gasteiger partial charge >= 0.3 is 0 Å². The number of nitrogens with one attached hydrogen (secondary N) is 2. The van der Waals surface area contributed by atoms with Crippen molar-refractivity contribution in [1.29, 1.82) is 5.26 Å². The van der Waals surface area contributed by atoms with Crippen LogP contribution >= 0.6 is 0 Å². The Morgan fingerprint density at radius 1 is 1.57 bits per heavy atom. The summed E-state index contributed by atoms with van der Waals surface area (Å²) in [6, 6.07) is 2.96. The Hall–Kier alpha value is -2.73. The van der Waals surface area contributed by atoms with Crippen molar-refractivity contribution >= 4 is 17.4 Å². The first-order valence-electron chi connectivity index (χ1n) is 6.12. The minimum atomic E-state index is -0.624. The smallest absolute Gasteiger partial charge is 0.289 e. The second-order valence-electron chi connectivity index (χ2n) is 3.98. The van der Waals surface area contributed by atoms with E-state index < -0.39 is 4.92 Å². The second-order valence-corrected chi connectivity index (χ2v) is 3.98. The molecule has 9 nitrogen and oxygen atoms in total. The van der Waals surface area contributed by atoms with Crippen LogP contribution in [0.1, 0.15) is 12.0 Å². The molecule has 1 heterocycles. The summed E-state index contributed by atoms with van der Waals surface area (Å²) in [5, 5.41) is 25.0. The number of pyridine rings is 1. The summed E-state index contributed by atoms with van der Waals surface area (Å²) < 4.78 is 4.80. The third kappa shape index (κ3) is 5.42. The molecule has 0 aliphatic rings. The summed E-state index contributed by atoms with van der Waals surface area (Å²) >= 11 is 0. The quantitative estimate of drug-likeness (QED) is 0.403. The number of anilines is 1. The lowest BCUT2D eigenvalue weighted by molar-refractivity contribution is -0.385. The van der Waals surface area contributed by atoms with Crippen LogP contribution < -0.4 is 10.6 Å². The van der Waals surface area contributed by atoms with E-state index in [-0.39, 0.29) is 35.9 Å². The number of aromatic nitrogens is 1. The minimum absolute atomic E-state index is 0.0593. The lowest BCUT2D eigenvalue weighted by atomic mass is 10.2. The molecule has 9 heteroatoms. The predicted octanol–water partition coefficient (Wildman–Crippen LogP) is 0.426. The van der Waals surface area contributed by atoms with E-state index in [1.165, 1.54) is 7.11 Å². The topological polar surface area (TPSA) is 130 Å². The van der Waals surface area contributed by atoms with Gasteiger partial charge in [-0.05, 0) is 0 Å². The maximum absolute atomic E-state index is 11.4. The molecular formula is C12H15N5O4. The largest absolute Gasteiger partial charge is 0.383 e. The van der Waals surface area contributed by atoms with Crippen molar-refractivity contribution < 1.29 is 14.5 Å². The highest BCUT2D eigenvalue weighted by Crippen LogP contribution is 2.17. The number of hydrogen-bond acceptors (Lipinski definition) is 7. The second kappa shape index (κ2) is 8.44. The molecule has 2 N–H and O–H groups in total. The number of nitriles is 1. The molecule has 1 rings (SSSR count). The molecule has 0 spiro atoms. The lowest BCUT2D eigenvalue weighted by Gasteiger charge is -2.07. The van der Waals surface area contributed by atoms with E-state index in [1.807, 2.05) is 6.07 Å². The zero-order chi connectivity index (χ0) is 15.7. The normalized spacial score (nSPS) is 9.71. The Kier molecular flexibility index (Phi) is 6.56. The average molecular weight is 293 g/mol. The molecule has 0 aromatic carbocycles. The highest BCUT2D eigenvalue weighted by molar-refractivity contribution is 5.76. The van der Waals surface area contributed by atoms with Crippen molar-refractivity contribution in [1.82, 2.24) is 10.3 Å². The van der Waals surface area contributed by atoms with Crippen LogP contribution in [0.5, 0.6) is 0 Å². The molecule has 1 aromatic rings. The molecule has 0 fully saturated rings. The first kappa shape index (κ1) is 16.3.